The molecule has 0 spiro atoms. The summed E-state index contributed by atoms with van der Waals surface area (Å²) in [6.45, 7) is 0. The van der Waals surface area contributed by atoms with Crippen molar-refractivity contribution in [1.29, 1.82) is 0 Å². The molecule has 0 atom stereocenters. The molecule has 0 radical (unpaired) electrons. The largest absolute Gasteiger partial charge is 0.363 e. The summed E-state index contributed by atoms with van der Waals surface area (Å²) in [5, 5.41) is 22.0. The van der Waals surface area contributed by atoms with Crippen LogP contribution in [0.4, 0.5) is 11.6 Å². The lowest BCUT2D eigenvalue weighted by Crippen LogP contribution is -2.13. The standard InChI is InChI=1S/C7H4BrN5O4/c8-4-5(10-11-6(4)13(15)16)7(14)9-3-1-2-17-12-3/h1-2H,(H,10,11)(H,9,12,14). The molecule has 0 fully saturated rings. The maximum atomic E-state index is 11.6. The zero-order valence-corrected chi connectivity index (χ0v) is 9.59. The van der Waals surface area contributed by atoms with Crippen LogP contribution in [-0.2, 0) is 0 Å². The molecule has 0 aliphatic heterocycles. The number of halogens is 1. The lowest BCUT2D eigenvalue weighted by molar-refractivity contribution is -0.390. The van der Waals surface area contributed by atoms with Gasteiger partial charge in [-0.25, -0.2) is 0 Å². The minimum Gasteiger partial charge on any atom is -0.363 e. The zero-order chi connectivity index (χ0) is 12.4. The van der Waals surface area contributed by atoms with Crippen LogP contribution in [0.25, 0.3) is 0 Å². The van der Waals surface area contributed by atoms with Gasteiger partial charge in [0.1, 0.15) is 10.7 Å². The van der Waals surface area contributed by atoms with E-state index in [2.05, 4.69) is 41.1 Å². The van der Waals surface area contributed by atoms with Gasteiger partial charge in [0.15, 0.2) is 11.5 Å². The highest BCUT2D eigenvalue weighted by atomic mass is 79.9. The topological polar surface area (TPSA) is 127 Å². The van der Waals surface area contributed by atoms with Crippen LogP contribution < -0.4 is 5.32 Å². The van der Waals surface area contributed by atoms with Crippen LogP contribution in [0.1, 0.15) is 10.5 Å². The first-order valence-electron chi connectivity index (χ1n) is 4.19. The Morgan fingerprint density at radius 3 is 2.94 bits per heavy atom. The number of carbonyl (C=O) groups is 1. The molecule has 0 aromatic carbocycles. The van der Waals surface area contributed by atoms with Crippen molar-refractivity contribution >= 4 is 33.5 Å². The fourth-order valence-corrected chi connectivity index (χ4v) is 1.55. The van der Waals surface area contributed by atoms with Gasteiger partial charge in [-0.15, -0.1) is 5.10 Å². The number of aromatic nitrogens is 3. The van der Waals surface area contributed by atoms with E-state index in [4.69, 9.17) is 0 Å². The SMILES string of the molecule is O=C(Nc1ccon1)c1n[nH]c([N+](=O)[O-])c1Br. The second kappa shape index (κ2) is 4.33. The minimum absolute atomic E-state index is 0.0245. The summed E-state index contributed by atoms with van der Waals surface area (Å²) >= 11 is 2.92. The highest BCUT2D eigenvalue weighted by Crippen LogP contribution is 2.25. The summed E-state index contributed by atoms with van der Waals surface area (Å²) in [5.41, 5.74) is -0.139. The molecule has 9 nitrogen and oxygen atoms in total. The number of carbonyl (C=O) groups excluding carboxylic acids is 1. The van der Waals surface area contributed by atoms with Gasteiger partial charge in [0.25, 0.3) is 5.91 Å². The summed E-state index contributed by atoms with van der Waals surface area (Å²) in [7, 11) is 0. The fourth-order valence-electron chi connectivity index (χ4n) is 1.04. The third-order valence-corrected chi connectivity index (χ3v) is 2.52. The monoisotopic (exact) mass is 301 g/mol. The Balaban J connectivity index is 2.23. The van der Waals surface area contributed by atoms with Gasteiger partial charge in [0.2, 0.25) is 0 Å². The van der Waals surface area contributed by atoms with Crippen LogP contribution >= 0.6 is 15.9 Å². The lowest BCUT2D eigenvalue weighted by Gasteiger charge is -1.96. The Bertz CT molecular complexity index is 563. The molecule has 0 aliphatic carbocycles. The normalized spacial score (nSPS) is 10.2. The first-order valence-corrected chi connectivity index (χ1v) is 4.99. The molecule has 1 amide bonds. The molecule has 0 bridgehead atoms. The minimum atomic E-state index is -0.691. The second-order valence-electron chi connectivity index (χ2n) is 2.83. The predicted octanol–water partition coefficient (Wildman–Crippen LogP) is 1.32. The van der Waals surface area contributed by atoms with E-state index in [-0.39, 0.29) is 16.0 Å². The highest BCUT2D eigenvalue weighted by molar-refractivity contribution is 9.10. The average molecular weight is 302 g/mol. The van der Waals surface area contributed by atoms with Gasteiger partial charge in [0.05, 0.1) is 0 Å². The number of nitrogens with zero attached hydrogens (tertiary/aromatic N) is 3. The lowest BCUT2D eigenvalue weighted by atomic mass is 10.4. The zero-order valence-electron chi connectivity index (χ0n) is 8.01. The quantitative estimate of drug-likeness (QED) is 0.650. The van der Waals surface area contributed by atoms with Crippen LogP contribution in [0.5, 0.6) is 0 Å². The molecule has 0 saturated carbocycles. The number of H-pyrrole nitrogens is 1. The van der Waals surface area contributed by atoms with Crippen molar-refractivity contribution in [2.75, 3.05) is 5.32 Å². The predicted molar refractivity (Wildman–Crippen MR) is 57.4 cm³/mol. The Kier molecular flexibility index (Phi) is 2.87. The molecule has 10 heteroatoms. The Hall–Kier alpha value is -2.23. The fraction of sp³-hybridized carbons (Fsp3) is 0. The molecular formula is C7H4BrN5O4. The van der Waals surface area contributed by atoms with Crippen molar-refractivity contribution in [3.05, 3.63) is 32.6 Å². The van der Waals surface area contributed by atoms with E-state index in [0.717, 1.165) is 0 Å². The molecule has 2 N–H and O–H groups in total. The average Bonchev–Trinajstić information content (AvgIpc) is 2.86. The Labute approximate surface area is 101 Å². The molecular weight excluding hydrogens is 298 g/mol. The molecule has 2 rings (SSSR count). The van der Waals surface area contributed by atoms with Crippen LogP contribution in [0.3, 0.4) is 0 Å². The number of amides is 1. The summed E-state index contributed by atoms with van der Waals surface area (Å²) in [6, 6.07) is 1.42. The van der Waals surface area contributed by atoms with Gasteiger partial charge in [-0.2, -0.15) is 0 Å². The summed E-state index contributed by atoms with van der Waals surface area (Å²) in [5.74, 6) is -0.849. The van der Waals surface area contributed by atoms with Gasteiger partial charge >= 0.3 is 5.82 Å². The Morgan fingerprint density at radius 2 is 2.41 bits per heavy atom. The van der Waals surface area contributed by atoms with Gasteiger partial charge in [-0.1, -0.05) is 10.3 Å². The number of anilines is 1. The first kappa shape index (κ1) is 11.3. The van der Waals surface area contributed by atoms with Crippen molar-refractivity contribution in [3.63, 3.8) is 0 Å². The van der Waals surface area contributed by atoms with Crippen LogP contribution in [0, 0.1) is 10.1 Å². The highest BCUT2D eigenvalue weighted by Gasteiger charge is 2.24. The van der Waals surface area contributed by atoms with E-state index < -0.39 is 16.6 Å². The number of aromatic amines is 1. The van der Waals surface area contributed by atoms with Crippen molar-refractivity contribution in [3.8, 4) is 0 Å². The van der Waals surface area contributed by atoms with Crippen molar-refractivity contribution in [2.45, 2.75) is 0 Å². The number of hydrogen-bond acceptors (Lipinski definition) is 6. The summed E-state index contributed by atoms with van der Waals surface area (Å²) in [4.78, 5) is 21.5. The van der Waals surface area contributed by atoms with Gasteiger partial charge in [0, 0.05) is 6.07 Å². The van der Waals surface area contributed by atoms with Gasteiger partial charge in [-0.3, -0.25) is 4.79 Å². The van der Waals surface area contributed by atoms with E-state index >= 15 is 0 Å². The Morgan fingerprint density at radius 1 is 1.65 bits per heavy atom. The van der Waals surface area contributed by atoms with E-state index in [1.165, 1.54) is 12.3 Å². The van der Waals surface area contributed by atoms with Gasteiger partial charge in [-0.05, 0) is 20.9 Å². The van der Waals surface area contributed by atoms with Crippen molar-refractivity contribution < 1.29 is 14.2 Å². The van der Waals surface area contributed by atoms with Crippen molar-refractivity contribution in [1.82, 2.24) is 15.4 Å². The summed E-state index contributed by atoms with van der Waals surface area (Å²) < 4.78 is 4.49. The third kappa shape index (κ3) is 2.15. The van der Waals surface area contributed by atoms with Crippen molar-refractivity contribution in [2.24, 2.45) is 0 Å². The number of nitrogens with one attached hydrogen (secondary N) is 2. The second-order valence-corrected chi connectivity index (χ2v) is 3.62. The molecule has 0 aliphatic rings. The summed E-state index contributed by atoms with van der Waals surface area (Å²) in [6.07, 6.45) is 1.28. The van der Waals surface area contributed by atoms with E-state index in [9.17, 15) is 14.9 Å². The number of hydrogen-bond donors (Lipinski definition) is 2. The number of rotatable bonds is 3. The maximum Gasteiger partial charge on any atom is 0.357 e. The maximum absolute atomic E-state index is 11.6. The molecule has 2 heterocycles. The smallest absolute Gasteiger partial charge is 0.357 e. The van der Waals surface area contributed by atoms with Crippen LogP contribution in [-0.4, -0.2) is 26.2 Å². The van der Waals surface area contributed by atoms with Crippen LogP contribution in [0.2, 0.25) is 0 Å². The molecule has 0 unspecified atom stereocenters. The first-order chi connectivity index (χ1) is 8.09. The molecule has 17 heavy (non-hydrogen) atoms. The molecule has 2 aromatic rings. The van der Waals surface area contributed by atoms with Gasteiger partial charge < -0.3 is 20.0 Å². The van der Waals surface area contributed by atoms with E-state index in [1.807, 2.05) is 0 Å². The number of nitro groups is 1. The van der Waals surface area contributed by atoms with E-state index in [0.29, 0.717) is 0 Å². The van der Waals surface area contributed by atoms with E-state index in [1.54, 1.807) is 0 Å². The van der Waals surface area contributed by atoms with Crippen LogP contribution in [0.15, 0.2) is 21.3 Å². The third-order valence-electron chi connectivity index (χ3n) is 1.77. The molecule has 0 saturated heterocycles. The molecule has 88 valence electrons. The molecule has 2 aromatic heterocycles.